The van der Waals surface area contributed by atoms with Crippen LogP contribution in [-0.2, 0) is 0 Å². The molecule has 0 aromatic carbocycles. The molecule has 0 aliphatic carbocycles. The van der Waals surface area contributed by atoms with Crippen LogP contribution in [0, 0.1) is 0 Å². The van der Waals surface area contributed by atoms with Crippen molar-refractivity contribution in [1.82, 2.24) is 0 Å². The minimum absolute atomic E-state index is 0.0123. The van der Waals surface area contributed by atoms with Gasteiger partial charge < -0.3 is 5.11 Å². The Hall–Kier alpha value is -0.530. The van der Waals surface area contributed by atoms with Gasteiger partial charge >= 0.3 is 12.4 Å². The molecule has 0 saturated carbocycles. The van der Waals surface area contributed by atoms with Crippen LogP contribution in [0.15, 0.2) is 0 Å². The molecule has 0 aliphatic rings. The molecule has 17 heavy (non-hydrogen) atoms. The highest BCUT2D eigenvalue weighted by Crippen LogP contribution is 2.49. The summed E-state index contributed by atoms with van der Waals surface area (Å²) in [5.41, 5.74) is -5.14. The highest BCUT2D eigenvalue weighted by Gasteiger charge is 2.71. The maximum absolute atomic E-state index is 13.0. The summed E-state index contributed by atoms with van der Waals surface area (Å²) < 4.78 is 85.3. The third-order valence-electron chi connectivity index (χ3n) is 2.33. The van der Waals surface area contributed by atoms with Crippen molar-refractivity contribution < 1.29 is 35.8 Å². The highest BCUT2D eigenvalue weighted by molar-refractivity contribution is 4.94. The first-order valence-corrected chi connectivity index (χ1v) is 4.99. The molecule has 8 heteroatoms. The summed E-state index contributed by atoms with van der Waals surface area (Å²) in [6.07, 6.45) is -13.5. The van der Waals surface area contributed by atoms with Gasteiger partial charge in [-0.1, -0.05) is 12.8 Å². The summed E-state index contributed by atoms with van der Waals surface area (Å²) >= 11 is 0. The summed E-state index contributed by atoms with van der Waals surface area (Å²) in [7, 11) is 0. The van der Waals surface area contributed by atoms with Gasteiger partial charge in [0, 0.05) is 6.61 Å². The second-order valence-corrected chi connectivity index (χ2v) is 3.68. The molecule has 0 amide bonds. The molecule has 0 saturated heterocycles. The fraction of sp³-hybridized carbons (Fsp3) is 1.00. The van der Waals surface area contributed by atoms with E-state index in [-0.39, 0.29) is 25.9 Å². The Bertz CT molecular complexity index is 206. The number of hydrogen-bond acceptors (Lipinski definition) is 1. The molecular formula is C9H13F7O. The fourth-order valence-corrected chi connectivity index (χ4v) is 1.28. The average molecular weight is 270 g/mol. The van der Waals surface area contributed by atoms with E-state index >= 15 is 0 Å². The molecule has 0 heterocycles. The van der Waals surface area contributed by atoms with E-state index in [0.29, 0.717) is 0 Å². The second kappa shape index (κ2) is 5.88. The third kappa shape index (κ3) is 4.33. The Labute approximate surface area is 93.6 Å². The Balaban J connectivity index is 4.44. The first-order chi connectivity index (χ1) is 7.56. The molecule has 0 aromatic heterocycles. The Morgan fingerprint density at radius 2 is 1.06 bits per heavy atom. The third-order valence-corrected chi connectivity index (χ3v) is 2.33. The summed E-state index contributed by atoms with van der Waals surface area (Å²) in [6, 6.07) is 0. The highest BCUT2D eigenvalue weighted by atomic mass is 19.4. The van der Waals surface area contributed by atoms with Gasteiger partial charge in [0.1, 0.15) is 0 Å². The summed E-state index contributed by atoms with van der Waals surface area (Å²) in [5, 5.41) is 8.35. The molecule has 0 unspecified atom stereocenters. The van der Waals surface area contributed by atoms with Crippen molar-refractivity contribution in [3.63, 3.8) is 0 Å². The molecule has 1 N–H and O–H groups in total. The zero-order chi connectivity index (χ0) is 13.7. The van der Waals surface area contributed by atoms with Crippen molar-refractivity contribution in [2.24, 2.45) is 0 Å². The first-order valence-electron chi connectivity index (χ1n) is 4.99. The topological polar surface area (TPSA) is 20.2 Å². The van der Waals surface area contributed by atoms with Crippen LogP contribution < -0.4 is 0 Å². The van der Waals surface area contributed by atoms with Gasteiger partial charge in [-0.15, -0.1) is 0 Å². The normalized spacial score (nSPS) is 14.1. The van der Waals surface area contributed by atoms with E-state index in [1.807, 2.05) is 0 Å². The Kier molecular flexibility index (Phi) is 5.70. The zero-order valence-electron chi connectivity index (χ0n) is 8.84. The number of hydrogen-bond donors (Lipinski definition) is 1. The largest absolute Gasteiger partial charge is 0.431 e. The van der Waals surface area contributed by atoms with Crippen molar-refractivity contribution in [3.8, 4) is 0 Å². The summed E-state index contributed by atoms with van der Waals surface area (Å²) in [6.45, 7) is -0.195. The molecule has 1 nitrogen and oxygen atoms in total. The molecule has 0 fully saturated rings. The Morgan fingerprint density at radius 3 is 1.41 bits per heavy atom. The van der Waals surface area contributed by atoms with E-state index in [0.717, 1.165) is 0 Å². The first kappa shape index (κ1) is 16.5. The van der Waals surface area contributed by atoms with E-state index in [4.69, 9.17) is 5.11 Å². The van der Waals surface area contributed by atoms with Gasteiger partial charge in [-0.25, -0.2) is 4.39 Å². The predicted octanol–water partition coefficient (Wildman–Crippen LogP) is 3.76. The number of unbranched alkanes of at least 4 members (excludes halogenated alkanes) is 3. The van der Waals surface area contributed by atoms with Gasteiger partial charge in [0.25, 0.3) is 5.67 Å². The van der Waals surface area contributed by atoms with Crippen LogP contribution in [0.1, 0.15) is 32.1 Å². The maximum Gasteiger partial charge on any atom is 0.431 e. The van der Waals surface area contributed by atoms with Crippen LogP contribution in [0.4, 0.5) is 30.7 Å². The van der Waals surface area contributed by atoms with Crippen molar-refractivity contribution in [2.75, 3.05) is 6.61 Å². The smallest absolute Gasteiger partial charge is 0.396 e. The maximum atomic E-state index is 13.0. The number of rotatable bonds is 6. The lowest BCUT2D eigenvalue weighted by Crippen LogP contribution is -2.53. The van der Waals surface area contributed by atoms with Crippen molar-refractivity contribution in [1.29, 1.82) is 0 Å². The lowest BCUT2D eigenvalue weighted by atomic mass is 9.96. The van der Waals surface area contributed by atoms with Gasteiger partial charge in [0.2, 0.25) is 0 Å². The van der Waals surface area contributed by atoms with Gasteiger partial charge in [0.15, 0.2) is 0 Å². The van der Waals surface area contributed by atoms with E-state index in [1.54, 1.807) is 0 Å². The minimum atomic E-state index is -5.96. The standard InChI is InChI=1S/C9H13F7O/c10-7(8(11,12)13,9(14,15)16)5-3-1-2-4-6-17/h17H,1-6H2. The van der Waals surface area contributed by atoms with Crippen LogP contribution in [0.5, 0.6) is 0 Å². The number of halogens is 7. The van der Waals surface area contributed by atoms with Crippen molar-refractivity contribution in [2.45, 2.75) is 50.1 Å². The SMILES string of the molecule is OCCCCCCC(F)(C(F)(F)F)C(F)(F)F. The summed E-state index contributed by atoms with van der Waals surface area (Å²) in [4.78, 5) is 0. The molecule has 0 aromatic rings. The van der Waals surface area contributed by atoms with Crippen molar-refractivity contribution >= 4 is 0 Å². The average Bonchev–Trinajstić information content (AvgIpc) is 2.13. The van der Waals surface area contributed by atoms with Crippen LogP contribution in [-0.4, -0.2) is 29.7 Å². The fourth-order valence-electron chi connectivity index (χ4n) is 1.28. The van der Waals surface area contributed by atoms with Crippen LogP contribution in [0.25, 0.3) is 0 Å². The molecule has 104 valence electrons. The van der Waals surface area contributed by atoms with E-state index in [9.17, 15) is 30.7 Å². The van der Waals surface area contributed by atoms with Crippen LogP contribution in [0.3, 0.4) is 0 Å². The molecule has 0 radical (unpaired) electrons. The lowest BCUT2D eigenvalue weighted by molar-refractivity contribution is -0.343. The van der Waals surface area contributed by atoms with Gasteiger partial charge in [-0.05, 0) is 19.3 Å². The molecule has 0 aliphatic heterocycles. The minimum Gasteiger partial charge on any atom is -0.396 e. The predicted molar refractivity (Wildman–Crippen MR) is 46.1 cm³/mol. The molecule has 0 rings (SSSR count). The van der Waals surface area contributed by atoms with Gasteiger partial charge in [-0.3, -0.25) is 0 Å². The van der Waals surface area contributed by atoms with Crippen LogP contribution in [0.2, 0.25) is 0 Å². The number of aliphatic hydroxyl groups is 1. The monoisotopic (exact) mass is 270 g/mol. The number of aliphatic hydroxyl groups excluding tert-OH is 1. The molecular weight excluding hydrogens is 257 g/mol. The second-order valence-electron chi connectivity index (χ2n) is 3.68. The molecule has 0 spiro atoms. The van der Waals surface area contributed by atoms with E-state index in [2.05, 4.69) is 0 Å². The lowest BCUT2D eigenvalue weighted by Gasteiger charge is -2.29. The van der Waals surface area contributed by atoms with E-state index < -0.39 is 30.9 Å². The zero-order valence-corrected chi connectivity index (χ0v) is 8.84. The van der Waals surface area contributed by atoms with Gasteiger partial charge in [-0.2, -0.15) is 26.3 Å². The Morgan fingerprint density at radius 1 is 0.647 bits per heavy atom. The van der Waals surface area contributed by atoms with Crippen molar-refractivity contribution in [3.05, 3.63) is 0 Å². The van der Waals surface area contributed by atoms with Gasteiger partial charge in [0.05, 0.1) is 0 Å². The molecule has 0 atom stereocenters. The van der Waals surface area contributed by atoms with E-state index in [1.165, 1.54) is 0 Å². The van der Waals surface area contributed by atoms with Crippen LogP contribution >= 0.6 is 0 Å². The number of alkyl halides is 7. The molecule has 0 bridgehead atoms. The summed E-state index contributed by atoms with van der Waals surface area (Å²) in [5.74, 6) is 0. The quantitative estimate of drug-likeness (QED) is 0.575.